The average Bonchev–Trinajstić information content (AvgIpc) is 2.88. The standard InChI is InChI=1S/C19H20N2O5S/c1-4-25-19(24)17-11(2)12(3)27-18(17)20-15(22)9-21-10-16(23)26-14-8-6-5-7-13(14)21/h5-8H,4,9-10H2,1-3H3,(H,20,22). The summed E-state index contributed by atoms with van der Waals surface area (Å²) in [5.74, 6) is -0.777. The van der Waals surface area contributed by atoms with E-state index in [0.717, 1.165) is 10.4 Å². The monoisotopic (exact) mass is 388 g/mol. The number of anilines is 2. The topological polar surface area (TPSA) is 84.9 Å². The number of nitrogens with one attached hydrogen (secondary N) is 1. The van der Waals surface area contributed by atoms with Gasteiger partial charge in [0.15, 0.2) is 5.75 Å². The number of carbonyl (C=O) groups is 3. The van der Waals surface area contributed by atoms with Crippen LogP contribution in [0, 0.1) is 13.8 Å². The molecule has 0 fully saturated rings. The number of thiophene rings is 1. The molecule has 3 rings (SSSR count). The average molecular weight is 388 g/mol. The van der Waals surface area contributed by atoms with Gasteiger partial charge in [-0.2, -0.15) is 0 Å². The number of nitrogens with zero attached hydrogens (tertiary/aromatic N) is 1. The second-order valence-electron chi connectivity index (χ2n) is 6.05. The summed E-state index contributed by atoms with van der Waals surface area (Å²) in [5, 5.41) is 3.25. The van der Waals surface area contributed by atoms with Crippen molar-refractivity contribution in [1.29, 1.82) is 0 Å². The third-order valence-corrected chi connectivity index (χ3v) is 5.32. The van der Waals surface area contributed by atoms with Gasteiger partial charge in [0.2, 0.25) is 5.91 Å². The molecule has 2 heterocycles. The van der Waals surface area contributed by atoms with Crippen LogP contribution in [0.2, 0.25) is 0 Å². The molecule has 0 spiro atoms. The lowest BCUT2D eigenvalue weighted by Gasteiger charge is -2.29. The van der Waals surface area contributed by atoms with Crippen molar-refractivity contribution in [2.75, 3.05) is 29.9 Å². The molecule has 0 bridgehead atoms. The Labute approximate surface area is 160 Å². The van der Waals surface area contributed by atoms with E-state index in [2.05, 4.69) is 5.32 Å². The van der Waals surface area contributed by atoms with E-state index in [1.165, 1.54) is 11.3 Å². The Morgan fingerprint density at radius 1 is 1.30 bits per heavy atom. The van der Waals surface area contributed by atoms with E-state index in [9.17, 15) is 14.4 Å². The van der Waals surface area contributed by atoms with Crippen molar-refractivity contribution in [3.05, 3.63) is 40.3 Å². The molecule has 1 aliphatic rings. The molecule has 27 heavy (non-hydrogen) atoms. The Kier molecular flexibility index (Phi) is 5.46. The molecule has 1 amide bonds. The van der Waals surface area contributed by atoms with Gasteiger partial charge in [0.05, 0.1) is 24.4 Å². The van der Waals surface area contributed by atoms with Crippen LogP contribution >= 0.6 is 11.3 Å². The summed E-state index contributed by atoms with van der Waals surface area (Å²) in [6.45, 7) is 5.65. The van der Waals surface area contributed by atoms with Crippen molar-refractivity contribution in [1.82, 2.24) is 0 Å². The number of benzene rings is 1. The molecule has 1 aromatic heterocycles. The Morgan fingerprint density at radius 2 is 2.04 bits per heavy atom. The number of carbonyl (C=O) groups excluding carboxylic acids is 3. The zero-order valence-electron chi connectivity index (χ0n) is 15.3. The van der Waals surface area contributed by atoms with Crippen LogP contribution in [-0.2, 0) is 14.3 Å². The smallest absolute Gasteiger partial charge is 0.341 e. The summed E-state index contributed by atoms with van der Waals surface area (Å²) in [6.07, 6.45) is 0. The van der Waals surface area contributed by atoms with Crippen molar-refractivity contribution >= 4 is 39.9 Å². The summed E-state index contributed by atoms with van der Waals surface area (Å²) < 4.78 is 10.3. The Bertz CT molecular complexity index is 906. The van der Waals surface area contributed by atoms with Crippen LogP contribution in [0.15, 0.2) is 24.3 Å². The lowest BCUT2D eigenvalue weighted by atomic mass is 10.1. The molecular weight excluding hydrogens is 368 g/mol. The van der Waals surface area contributed by atoms with Gasteiger partial charge in [0.25, 0.3) is 0 Å². The van der Waals surface area contributed by atoms with Crippen molar-refractivity contribution in [3.63, 3.8) is 0 Å². The summed E-state index contributed by atoms with van der Waals surface area (Å²) >= 11 is 1.33. The maximum atomic E-state index is 12.6. The maximum Gasteiger partial charge on any atom is 0.341 e. The number of amides is 1. The number of aryl methyl sites for hydroxylation is 1. The number of para-hydroxylation sites is 2. The molecule has 0 unspecified atom stereocenters. The highest BCUT2D eigenvalue weighted by Gasteiger charge is 2.27. The molecule has 0 radical (unpaired) electrons. The fourth-order valence-corrected chi connectivity index (χ4v) is 3.91. The van der Waals surface area contributed by atoms with E-state index < -0.39 is 11.9 Å². The number of rotatable bonds is 5. The minimum Gasteiger partial charge on any atom is -0.462 e. The Hall–Kier alpha value is -2.87. The van der Waals surface area contributed by atoms with E-state index in [1.54, 1.807) is 30.0 Å². The van der Waals surface area contributed by atoms with Crippen LogP contribution in [0.25, 0.3) is 0 Å². The normalized spacial score (nSPS) is 13.0. The summed E-state index contributed by atoms with van der Waals surface area (Å²) in [4.78, 5) is 39.2. The molecule has 0 aliphatic carbocycles. The van der Waals surface area contributed by atoms with E-state index in [0.29, 0.717) is 22.0 Å². The minimum absolute atomic E-state index is 0.0162. The third-order valence-electron chi connectivity index (χ3n) is 4.20. The van der Waals surface area contributed by atoms with Gasteiger partial charge in [0, 0.05) is 4.88 Å². The zero-order chi connectivity index (χ0) is 19.6. The first kappa shape index (κ1) is 18.9. The molecular formula is C19H20N2O5S. The van der Waals surface area contributed by atoms with Gasteiger partial charge in [0.1, 0.15) is 11.5 Å². The molecule has 2 aromatic rings. The highest BCUT2D eigenvalue weighted by Crippen LogP contribution is 2.34. The second-order valence-corrected chi connectivity index (χ2v) is 7.28. The van der Waals surface area contributed by atoms with Crippen LogP contribution < -0.4 is 15.0 Å². The predicted octanol–water partition coefficient (Wildman–Crippen LogP) is 2.91. The second kappa shape index (κ2) is 7.79. The van der Waals surface area contributed by atoms with Crippen LogP contribution in [0.4, 0.5) is 10.7 Å². The Morgan fingerprint density at radius 3 is 2.78 bits per heavy atom. The number of fused-ring (bicyclic) bond motifs is 1. The minimum atomic E-state index is -0.457. The molecule has 1 aliphatic heterocycles. The van der Waals surface area contributed by atoms with E-state index in [4.69, 9.17) is 9.47 Å². The highest BCUT2D eigenvalue weighted by molar-refractivity contribution is 7.16. The molecule has 0 saturated heterocycles. The number of ether oxygens (including phenoxy) is 2. The first-order valence-electron chi connectivity index (χ1n) is 8.52. The van der Waals surface area contributed by atoms with Gasteiger partial charge < -0.3 is 19.7 Å². The lowest BCUT2D eigenvalue weighted by Crippen LogP contribution is -2.41. The summed E-state index contributed by atoms with van der Waals surface area (Å²) in [6, 6.07) is 7.05. The summed E-state index contributed by atoms with van der Waals surface area (Å²) in [5.41, 5.74) is 1.85. The first-order chi connectivity index (χ1) is 12.9. The molecule has 7 nitrogen and oxygen atoms in total. The van der Waals surface area contributed by atoms with Gasteiger partial charge in [-0.15, -0.1) is 11.3 Å². The fourth-order valence-electron chi connectivity index (χ4n) is 2.85. The van der Waals surface area contributed by atoms with Crippen LogP contribution in [-0.4, -0.2) is 37.5 Å². The van der Waals surface area contributed by atoms with E-state index >= 15 is 0 Å². The van der Waals surface area contributed by atoms with E-state index in [-0.39, 0.29) is 25.6 Å². The van der Waals surface area contributed by atoms with Crippen molar-refractivity contribution in [2.24, 2.45) is 0 Å². The SMILES string of the molecule is CCOC(=O)c1c(NC(=O)CN2CC(=O)Oc3ccccc32)sc(C)c1C. The molecule has 8 heteroatoms. The fraction of sp³-hybridized carbons (Fsp3) is 0.316. The van der Waals surface area contributed by atoms with Crippen molar-refractivity contribution in [2.45, 2.75) is 20.8 Å². The Balaban J connectivity index is 1.78. The van der Waals surface area contributed by atoms with Gasteiger partial charge in [-0.1, -0.05) is 12.1 Å². The third kappa shape index (κ3) is 3.95. The van der Waals surface area contributed by atoms with Crippen LogP contribution in [0.5, 0.6) is 5.75 Å². The number of hydrogen-bond acceptors (Lipinski definition) is 7. The molecule has 1 N–H and O–H groups in total. The van der Waals surface area contributed by atoms with Crippen molar-refractivity contribution in [3.8, 4) is 5.75 Å². The predicted molar refractivity (Wildman–Crippen MR) is 103 cm³/mol. The molecule has 142 valence electrons. The number of esters is 2. The highest BCUT2D eigenvalue weighted by atomic mass is 32.1. The first-order valence-corrected chi connectivity index (χ1v) is 9.34. The maximum absolute atomic E-state index is 12.6. The van der Waals surface area contributed by atoms with Gasteiger partial charge in [-0.3, -0.25) is 4.79 Å². The van der Waals surface area contributed by atoms with Crippen molar-refractivity contribution < 1.29 is 23.9 Å². The lowest BCUT2D eigenvalue weighted by molar-refractivity contribution is -0.133. The molecule has 0 atom stereocenters. The molecule has 1 aromatic carbocycles. The van der Waals surface area contributed by atoms with Gasteiger partial charge >= 0.3 is 11.9 Å². The van der Waals surface area contributed by atoms with Gasteiger partial charge in [-0.25, -0.2) is 9.59 Å². The van der Waals surface area contributed by atoms with Gasteiger partial charge in [-0.05, 0) is 38.5 Å². The molecule has 0 saturated carbocycles. The van der Waals surface area contributed by atoms with Crippen LogP contribution in [0.3, 0.4) is 0 Å². The zero-order valence-corrected chi connectivity index (χ0v) is 16.1. The number of hydrogen-bond donors (Lipinski definition) is 1. The quantitative estimate of drug-likeness (QED) is 0.626. The van der Waals surface area contributed by atoms with E-state index in [1.807, 2.05) is 19.9 Å². The summed E-state index contributed by atoms with van der Waals surface area (Å²) in [7, 11) is 0. The largest absolute Gasteiger partial charge is 0.462 e. The van der Waals surface area contributed by atoms with Crippen LogP contribution in [0.1, 0.15) is 27.7 Å².